The Kier molecular flexibility index (Phi) is 4.25. The number of hydrogen-bond acceptors (Lipinski definition) is 5. The van der Waals surface area contributed by atoms with Gasteiger partial charge in [0, 0.05) is 12.6 Å². The van der Waals surface area contributed by atoms with E-state index in [1.807, 2.05) is 0 Å². The van der Waals surface area contributed by atoms with Crippen molar-refractivity contribution in [2.24, 2.45) is 0 Å². The molecule has 1 atom stereocenters. The molecule has 0 radical (unpaired) electrons. The van der Waals surface area contributed by atoms with Gasteiger partial charge in [0.05, 0.1) is 17.6 Å². The Bertz CT molecular complexity index is 603. The number of methoxy groups -OCH3 is 1. The van der Waals surface area contributed by atoms with Gasteiger partial charge in [0.1, 0.15) is 11.7 Å². The molecule has 1 unspecified atom stereocenters. The molecule has 1 aromatic rings. The second-order valence-corrected chi connectivity index (χ2v) is 4.83. The average Bonchev–Trinajstić information content (AvgIpc) is 2.93. The van der Waals surface area contributed by atoms with Crippen molar-refractivity contribution in [2.45, 2.75) is 25.1 Å². The van der Waals surface area contributed by atoms with Crippen LogP contribution in [0.4, 0.5) is 24.5 Å². The van der Waals surface area contributed by atoms with Gasteiger partial charge in [0.25, 0.3) is 5.69 Å². The maximum atomic E-state index is 12.7. The van der Waals surface area contributed by atoms with Crippen LogP contribution >= 0.6 is 0 Å². The maximum Gasteiger partial charge on any atom is 0.416 e. The second kappa shape index (κ2) is 5.82. The monoisotopic (exact) mass is 318 g/mol. The normalized spacial score (nSPS) is 18.4. The van der Waals surface area contributed by atoms with E-state index in [0.717, 1.165) is 12.1 Å². The van der Waals surface area contributed by atoms with Crippen LogP contribution in [0.1, 0.15) is 18.4 Å². The molecule has 120 valence electrons. The predicted molar refractivity (Wildman–Crippen MR) is 70.5 cm³/mol. The summed E-state index contributed by atoms with van der Waals surface area (Å²) in [4.78, 5) is 23.3. The summed E-state index contributed by atoms with van der Waals surface area (Å²) in [5.41, 5.74) is -1.78. The van der Waals surface area contributed by atoms with Crippen molar-refractivity contribution in [1.82, 2.24) is 0 Å². The number of carbonyl (C=O) groups is 1. The van der Waals surface area contributed by atoms with Crippen molar-refractivity contribution in [3.05, 3.63) is 33.9 Å². The van der Waals surface area contributed by atoms with Crippen LogP contribution in [0.3, 0.4) is 0 Å². The minimum absolute atomic E-state index is 0.00843. The topological polar surface area (TPSA) is 72.7 Å². The summed E-state index contributed by atoms with van der Waals surface area (Å²) >= 11 is 0. The summed E-state index contributed by atoms with van der Waals surface area (Å²) in [7, 11) is 1.19. The fourth-order valence-corrected chi connectivity index (χ4v) is 2.52. The van der Waals surface area contributed by atoms with Crippen molar-refractivity contribution < 1.29 is 27.6 Å². The number of halogens is 3. The Morgan fingerprint density at radius 3 is 2.68 bits per heavy atom. The van der Waals surface area contributed by atoms with Crippen LogP contribution < -0.4 is 4.90 Å². The predicted octanol–water partition coefficient (Wildman–Crippen LogP) is 2.76. The molecule has 6 nitrogen and oxygen atoms in total. The molecule has 0 aromatic heterocycles. The van der Waals surface area contributed by atoms with Crippen molar-refractivity contribution in [1.29, 1.82) is 0 Å². The quantitative estimate of drug-likeness (QED) is 0.487. The zero-order chi connectivity index (χ0) is 16.5. The van der Waals surface area contributed by atoms with Crippen molar-refractivity contribution >= 4 is 17.3 Å². The van der Waals surface area contributed by atoms with Crippen molar-refractivity contribution in [2.75, 3.05) is 18.6 Å². The Morgan fingerprint density at radius 1 is 1.45 bits per heavy atom. The van der Waals surface area contributed by atoms with E-state index in [-0.39, 0.29) is 5.69 Å². The van der Waals surface area contributed by atoms with E-state index < -0.39 is 34.4 Å². The van der Waals surface area contributed by atoms with E-state index in [1.165, 1.54) is 12.0 Å². The van der Waals surface area contributed by atoms with Gasteiger partial charge in [-0.05, 0) is 25.0 Å². The van der Waals surface area contributed by atoms with Crippen LogP contribution in [0.2, 0.25) is 0 Å². The number of alkyl halides is 3. The highest BCUT2D eigenvalue weighted by atomic mass is 19.4. The first-order valence-corrected chi connectivity index (χ1v) is 6.46. The fourth-order valence-electron chi connectivity index (χ4n) is 2.52. The van der Waals surface area contributed by atoms with Gasteiger partial charge in [-0.2, -0.15) is 13.2 Å². The fraction of sp³-hybridized carbons (Fsp3) is 0.462. The number of anilines is 1. The van der Waals surface area contributed by atoms with Gasteiger partial charge in [-0.25, -0.2) is 4.79 Å². The summed E-state index contributed by atoms with van der Waals surface area (Å²) in [6, 6.07) is 1.57. The minimum atomic E-state index is -4.67. The number of nitro groups is 1. The average molecular weight is 318 g/mol. The number of rotatable bonds is 3. The summed E-state index contributed by atoms with van der Waals surface area (Å²) < 4.78 is 42.7. The zero-order valence-electron chi connectivity index (χ0n) is 11.6. The van der Waals surface area contributed by atoms with Crippen LogP contribution in [0.5, 0.6) is 0 Å². The van der Waals surface area contributed by atoms with Crippen LogP contribution in [-0.4, -0.2) is 30.6 Å². The molecule has 1 aromatic carbocycles. The van der Waals surface area contributed by atoms with E-state index in [9.17, 15) is 28.1 Å². The van der Waals surface area contributed by atoms with E-state index in [4.69, 9.17) is 0 Å². The lowest BCUT2D eigenvalue weighted by Crippen LogP contribution is -2.37. The first-order chi connectivity index (χ1) is 10.3. The molecule has 1 heterocycles. The highest BCUT2D eigenvalue weighted by molar-refractivity contribution is 5.82. The third-order valence-corrected chi connectivity index (χ3v) is 3.53. The Labute approximate surface area is 123 Å². The standard InChI is InChI=1S/C13H13F3N2O4/c1-22-12(19)10-3-2-6-17(10)9-5-4-8(13(14,15)16)7-11(9)18(20)21/h4-5,7,10H,2-3,6H2,1H3. The molecule has 2 rings (SSSR count). The second-order valence-electron chi connectivity index (χ2n) is 4.83. The summed E-state index contributed by atoms with van der Waals surface area (Å²) in [6.07, 6.45) is -3.64. The number of esters is 1. The Hall–Kier alpha value is -2.32. The highest BCUT2D eigenvalue weighted by Crippen LogP contribution is 2.38. The number of nitro benzene ring substituents is 1. The summed E-state index contributed by atoms with van der Waals surface area (Å²) in [5.74, 6) is -0.563. The smallest absolute Gasteiger partial charge is 0.416 e. The van der Waals surface area contributed by atoms with E-state index >= 15 is 0 Å². The Morgan fingerprint density at radius 2 is 2.14 bits per heavy atom. The van der Waals surface area contributed by atoms with Crippen LogP contribution in [0, 0.1) is 10.1 Å². The van der Waals surface area contributed by atoms with E-state index in [0.29, 0.717) is 25.5 Å². The first kappa shape index (κ1) is 16.1. The molecular formula is C13H13F3N2O4. The maximum absolute atomic E-state index is 12.7. The number of nitrogens with zero attached hydrogens (tertiary/aromatic N) is 2. The van der Waals surface area contributed by atoms with Crippen molar-refractivity contribution in [3.63, 3.8) is 0 Å². The summed E-state index contributed by atoms with van der Waals surface area (Å²) in [5, 5.41) is 11.1. The third-order valence-electron chi connectivity index (χ3n) is 3.53. The lowest BCUT2D eigenvalue weighted by molar-refractivity contribution is -0.384. The molecule has 0 spiro atoms. The molecule has 22 heavy (non-hydrogen) atoms. The van der Waals surface area contributed by atoms with Gasteiger partial charge in [0.15, 0.2) is 0 Å². The first-order valence-electron chi connectivity index (χ1n) is 6.46. The molecule has 0 N–H and O–H groups in total. The number of hydrogen-bond donors (Lipinski definition) is 0. The molecule has 1 saturated heterocycles. The SMILES string of the molecule is COC(=O)C1CCCN1c1ccc(C(F)(F)F)cc1[N+](=O)[O-]. The minimum Gasteiger partial charge on any atom is -0.467 e. The molecule has 9 heteroatoms. The lowest BCUT2D eigenvalue weighted by Gasteiger charge is -2.24. The molecular weight excluding hydrogens is 305 g/mol. The largest absolute Gasteiger partial charge is 0.467 e. The summed E-state index contributed by atoms with van der Waals surface area (Å²) in [6.45, 7) is 0.339. The Balaban J connectivity index is 2.46. The van der Waals surface area contributed by atoms with Gasteiger partial charge < -0.3 is 9.64 Å². The van der Waals surface area contributed by atoms with Crippen LogP contribution in [0.15, 0.2) is 18.2 Å². The molecule has 0 amide bonds. The van der Waals surface area contributed by atoms with Crippen LogP contribution in [0.25, 0.3) is 0 Å². The molecule has 0 aliphatic carbocycles. The van der Waals surface area contributed by atoms with Gasteiger partial charge in [-0.1, -0.05) is 0 Å². The third kappa shape index (κ3) is 2.97. The zero-order valence-corrected chi connectivity index (χ0v) is 11.6. The van der Waals surface area contributed by atoms with Gasteiger partial charge in [0.2, 0.25) is 0 Å². The number of benzene rings is 1. The highest BCUT2D eigenvalue weighted by Gasteiger charge is 2.38. The molecule has 1 aliphatic heterocycles. The van der Waals surface area contributed by atoms with Crippen LogP contribution in [-0.2, 0) is 15.7 Å². The molecule has 1 fully saturated rings. The lowest BCUT2D eigenvalue weighted by atomic mass is 10.1. The van der Waals surface area contributed by atoms with E-state index in [2.05, 4.69) is 4.74 Å². The molecule has 0 bridgehead atoms. The van der Waals surface area contributed by atoms with Gasteiger partial charge in [-0.15, -0.1) is 0 Å². The molecule has 0 saturated carbocycles. The number of ether oxygens (including phenoxy) is 1. The van der Waals surface area contributed by atoms with Crippen molar-refractivity contribution in [3.8, 4) is 0 Å². The van der Waals surface area contributed by atoms with Gasteiger partial charge in [-0.3, -0.25) is 10.1 Å². The number of carbonyl (C=O) groups excluding carboxylic acids is 1. The van der Waals surface area contributed by atoms with Gasteiger partial charge >= 0.3 is 12.1 Å². The molecule has 1 aliphatic rings. The van der Waals surface area contributed by atoms with E-state index in [1.54, 1.807) is 0 Å².